The maximum absolute atomic E-state index is 13.2. The van der Waals surface area contributed by atoms with Gasteiger partial charge in [0.05, 0.1) is 5.69 Å². The fourth-order valence-corrected chi connectivity index (χ4v) is 1.77. The van der Waals surface area contributed by atoms with E-state index in [1.54, 1.807) is 0 Å². The summed E-state index contributed by atoms with van der Waals surface area (Å²) in [5.74, 6) is -1.63. The Bertz CT molecular complexity index is 497. The molecule has 1 aliphatic carbocycles. The van der Waals surface area contributed by atoms with E-state index in [0.29, 0.717) is 12.8 Å². The van der Waals surface area contributed by atoms with E-state index in [0.717, 1.165) is 11.0 Å². The molecule has 1 aromatic rings. The van der Waals surface area contributed by atoms with Crippen LogP contribution in [-0.2, 0) is 0 Å². The number of carbonyl (C=O) groups excluding carboxylic acids is 1. The first-order valence-electron chi connectivity index (χ1n) is 5.70. The smallest absolute Gasteiger partial charge is 0.396 e. The molecule has 19 heavy (non-hydrogen) atoms. The third-order valence-electron chi connectivity index (χ3n) is 2.85. The van der Waals surface area contributed by atoms with Gasteiger partial charge in [-0.1, -0.05) is 0 Å². The predicted octanol–water partition coefficient (Wildman–Crippen LogP) is 2.57. The van der Waals surface area contributed by atoms with Gasteiger partial charge >= 0.3 is 6.18 Å². The van der Waals surface area contributed by atoms with Crippen molar-refractivity contribution in [2.24, 2.45) is 0 Å². The molecule has 0 bridgehead atoms. The SMILES string of the molecule is Nc1ccc(C(=O)N(CC(F)(F)F)C2CC2)cc1F. The van der Waals surface area contributed by atoms with Crippen molar-refractivity contribution in [2.45, 2.75) is 25.1 Å². The number of alkyl halides is 3. The third kappa shape index (κ3) is 3.36. The number of nitrogens with two attached hydrogens (primary N) is 1. The maximum Gasteiger partial charge on any atom is 0.406 e. The van der Waals surface area contributed by atoms with Gasteiger partial charge in [-0.05, 0) is 31.0 Å². The van der Waals surface area contributed by atoms with Gasteiger partial charge in [0.25, 0.3) is 5.91 Å². The Hall–Kier alpha value is -1.79. The second-order valence-electron chi connectivity index (χ2n) is 4.52. The van der Waals surface area contributed by atoms with Crippen LogP contribution in [0.25, 0.3) is 0 Å². The van der Waals surface area contributed by atoms with Crippen LogP contribution in [0.3, 0.4) is 0 Å². The van der Waals surface area contributed by atoms with Crippen molar-refractivity contribution in [2.75, 3.05) is 12.3 Å². The summed E-state index contributed by atoms with van der Waals surface area (Å²) < 4.78 is 50.5. The normalized spacial score (nSPS) is 15.4. The molecule has 0 spiro atoms. The Morgan fingerprint density at radius 1 is 1.37 bits per heavy atom. The first-order valence-corrected chi connectivity index (χ1v) is 5.70. The number of rotatable bonds is 3. The minimum absolute atomic E-state index is 0.122. The molecule has 0 atom stereocenters. The molecule has 0 aliphatic heterocycles. The molecule has 7 heteroatoms. The lowest BCUT2D eigenvalue weighted by Crippen LogP contribution is -2.40. The molecule has 0 radical (unpaired) electrons. The van der Waals surface area contributed by atoms with Crippen molar-refractivity contribution in [3.8, 4) is 0 Å². The molecule has 0 heterocycles. The third-order valence-corrected chi connectivity index (χ3v) is 2.85. The van der Waals surface area contributed by atoms with E-state index in [1.807, 2.05) is 0 Å². The van der Waals surface area contributed by atoms with E-state index in [9.17, 15) is 22.4 Å². The van der Waals surface area contributed by atoms with Gasteiger partial charge in [-0.15, -0.1) is 0 Å². The number of halogens is 4. The van der Waals surface area contributed by atoms with Gasteiger partial charge in [-0.2, -0.15) is 13.2 Å². The van der Waals surface area contributed by atoms with Crippen LogP contribution < -0.4 is 5.73 Å². The van der Waals surface area contributed by atoms with Crippen molar-refractivity contribution in [3.63, 3.8) is 0 Å². The summed E-state index contributed by atoms with van der Waals surface area (Å²) in [5, 5.41) is 0. The van der Waals surface area contributed by atoms with Crippen molar-refractivity contribution in [3.05, 3.63) is 29.6 Å². The minimum atomic E-state index is -4.47. The number of anilines is 1. The van der Waals surface area contributed by atoms with Crippen LogP contribution in [0.1, 0.15) is 23.2 Å². The van der Waals surface area contributed by atoms with Crippen LogP contribution >= 0.6 is 0 Å². The van der Waals surface area contributed by atoms with Crippen molar-refractivity contribution < 1.29 is 22.4 Å². The number of hydrogen-bond acceptors (Lipinski definition) is 2. The van der Waals surface area contributed by atoms with Gasteiger partial charge in [0.2, 0.25) is 0 Å². The van der Waals surface area contributed by atoms with E-state index in [1.165, 1.54) is 12.1 Å². The fraction of sp³-hybridized carbons (Fsp3) is 0.417. The molecule has 0 unspecified atom stereocenters. The van der Waals surface area contributed by atoms with Gasteiger partial charge in [0.15, 0.2) is 0 Å². The van der Waals surface area contributed by atoms with E-state index in [2.05, 4.69) is 0 Å². The number of nitrogen functional groups attached to an aromatic ring is 1. The van der Waals surface area contributed by atoms with Crippen LogP contribution in [-0.4, -0.2) is 29.6 Å². The fourth-order valence-electron chi connectivity index (χ4n) is 1.77. The maximum atomic E-state index is 13.2. The van der Waals surface area contributed by atoms with E-state index >= 15 is 0 Å². The van der Waals surface area contributed by atoms with Crippen molar-refractivity contribution in [1.29, 1.82) is 0 Å². The quantitative estimate of drug-likeness (QED) is 0.681. The molecular weight excluding hydrogens is 264 g/mol. The van der Waals surface area contributed by atoms with E-state index in [-0.39, 0.29) is 11.3 Å². The Kier molecular flexibility index (Phi) is 3.38. The Labute approximate surface area is 107 Å². The second kappa shape index (κ2) is 4.71. The van der Waals surface area contributed by atoms with Crippen LogP contribution in [0.5, 0.6) is 0 Å². The molecule has 1 aliphatic rings. The molecular formula is C12H12F4N2O. The number of benzene rings is 1. The standard InChI is InChI=1S/C12H12F4N2O/c13-9-5-7(1-4-10(9)17)11(19)18(8-2-3-8)6-12(14,15)16/h1,4-5,8H,2-3,6,17H2. The highest BCUT2D eigenvalue weighted by molar-refractivity contribution is 5.95. The number of carbonyl (C=O) groups is 1. The van der Waals surface area contributed by atoms with Crippen LogP contribution in [0.4, 0.5) is 23.2 Å². The lowest BCUT2D eigenvalue weighted by atomic mass is 10.1. The number of nitrogens with zero attached hydrogens (tertiary/aromatic N) is 1. The summed E-state index contributed by atoms with van der Waals surface area (Å²) in [7, 11) is 0. The number of amides is 1. The Morgan fingerprint density at radius 3 is 2.47 bits per heavy atom. The molecule has 1 amide bonds. The Balaban J connectivity index is 2.21. The zero-order valence-corrected chi connectivity index (χ0v) is 9.88. The van der Waals surface area contributed by atoms with Gasteiger partial charge in [0, 0.05) is 11.6 Å². The highest BCUT2D eigenvalue weighted by Gasteiger charge is 2.40. The molecule has 2 rings (SSSR count). The van der Waals surface area contributed by atoms with Crippen molar-refractivity contribution in [1.82, 2.24) is 4.90 Å². The summed E-state index contributed by atoms with van der Waals surface area (Å²) in [6.45, 7) is -1.32. The molecule has 104 valence electrons. The largest absolute Gasteiger partial charge is 0.406 e. The van der Waals surface area contributed by atoms with Gasteiger partial charge < -0.3 is 10.6 Å². The highest BCUT2D eigenvalue weighted by atomic mass is 19.4. The summed E-state index contributed by atoms with van der Waals surface area (Å²) in [4.78, 5) is 12.7. The lowest BCUT2D eigenvalue weighted by molar-refractivity contribution is -0.141. The van der Waals surface area contributed by atoms with Gasteiger partial charge in [0.1, 0.15) is 12.4 Å². The molecule has 0 saturated heterocycles. The average Bonchev–Trinajstić information content (AvgIpc) is 3.11. The summed E-state index contributed by atoms with van der Waals surface area (Å²) in [5.41, 5.74) is 4.99. The zero-order chi connectivity index (χ0) is 14.2. The molecule has 1 aromatic carbocycles. The van der Waals surface area contributed by atoms with Crippen LogP contribution in [0, 0.1) is 5.82 Å². The van der Waals surface area contributed by atoms with Gasteiger partial charge in [-0.3, -0.25) is 4.79 Å². The molecule has 1 saturated carbocycles. The first-order chi connectivity index (χ1) is 8.78. The molecule has 1 fully saturated rings. The predicted molar refractivity (Wildman–Crippen MR) is 60.9 cm³/mol. The average molecular weight is 276 g/mol. The van der Waals surface area contributed by atoms with Crippen LogP contribution in [0.15, 0.2) is 18.2 Å². The topological polar surface area (TPSA) is 46.3 Å². The van der Waals surface area contributed by atoms with Crippen LogP contribution in [0.2, 0.25) is 0 Å². The second-order valence-corrected chi connectivity index (χ2v) is 4.52. The number of hydrogen-bond donors (Lipinski definition) is 1. The Morgan fingerprint density at radius 2 is 2.00 bits per heavy atom. The summed E-state index contributed by atoms with van der Waals surface area (Å²) in [6, 6.07) is 2.85. The summed E-state index contributed by atoms with van der Waals surface area (Å²) >= 11 is 0. The first kappa shape index (κ1) is 13.6. The highest BCUT2D eigenvalue weighted by Crippen LogP contribution is 2.31. The summed E-state index contributed by atoms with van der Waals surface area (Å²) in [6.07, 6.45) is -3.39. The molecule has 3 nitrogen and oxygen atoms in total. The molecule has 2 N–H and O–H groups in total. The zero-order valence-electron chi connectivity index (χ0n) is 9.88. The monoisotopic (exact) mass is 276 g/mol. The molecule has 0 aromatic heterocycles. The van der Waals surface area contributed by atoms with E-state index < -0.39 is 30.5 Å². The van der Waals surface area contributed by atoms with E-state index in [4.69, 9.17) is 5.73 Å². The van der Waals surface area contributed by atoms with Crippen molar-refractivity contribution >= 4 is 11.6 Å². The lowest BCUT2D eigenvalue weighted by Gasteiger charge is -2.23. The van der Waals surface area contributed by atoms with Gasteiger partial charge in [-0.25, -0.2) is 4.39 Å². The minimum Gasteiger partial charge on any atom is -0.396 e.